The molecule has 1 fully saturated rings. The van der Waals surface area contributed by atoms with Gasteiger partial charge in [-0.2, -0.15) is 0 Å². The van der Waals surface area contributed by atoms with Crippen LogP contribution in [0, 0.1) is 5.82 Å². The van der Waals surface area contributed by atoms with Crippen molar-refractivity contribution in [1.82, 2.24) is 4.90 Å². The van der Waals surface area contributed by atoms with E-state index in [9.17, 15) is 9.18 Å². The molecule has 0 bridgehead atoms. The minimum Gasteiger partial charge on any atom is -0.481 e. The van der Waals surface area contributed by atoms with E-state index in [-0.39, 0.29) is 12.2 Å². The first kappa shape index (κ1) is 12.0. The molecule has 0 amide bonds. The lowest BCUT2D eigenvalue weighted by atomic mass is 10.1. The molecule has 1 aromatic carbocycles. The van der Waals surface area contributed by atoms with E-state index in [2.05, 4.69) is 4.90 Å². The van der Waals surface area contributed by atoms with Gasteiger partial charge in [-0.25, -0.2) is 4.39 Å². The maximum absolute atomic E-state index is 13.7. The summed E-state index contributed by atoms with van der Waals surface area (Å²) in [5.41, 5.74) is 1.17. The fourth-order valence-electron chi connectivity index (χ4n) is 2.19. The zero-order valence-corrected chi connectivity index (χ0v) is 9.66. The molecule has 1 saturated heterocycles. The molecule has 4 heteroatoms. The second kappa shape index (κ2) is 5.27. The van der Waals surface area contributed by atoms with Gasteiger partial charge >= 0.3 is 5.97 Å². The summed E-state index contributed by atoms with van der Waals surface area (Å²) in [6, 6.07) is 4.73. The molecular weight excluding hydrogens is 221 g/mol. The zero-order valence-electron chi connectivity index (χ0n) is 9.66. The Labute approximate surface area is 99.9 Å². The van der Waals surface area contributed by atoms with Gasteiger partial charge in [0.15, 0.2) is 0 Å². The van der Waals surface area contributed by atoms with Gasteiger partial charge in [-0.1, -0.05) is 12.1 Å². The summed E-state index contributed by atoms with van der Waals surface area (Å²) in [6.07, 6.45) is 2.23. The van der Waals surface area contributed by atoms with Crippen LogP contribution in [0.1, 0.15) is 24.0 Å². The number of rotatable bonds is 4. The van der Waals surface area contributed by atoms with E-state index in [1.807, 2.05) is 0 Å². The smallest absolute Gasteiger partial charge is 0.307 e. The Bertz CT molecular complexity index is 414. The molecule has 92 valence electrons. The Morgan fingerprint density at radius 3 is 2.65 bits per heavy atom. The number of aliphatic carboxylic acids is 1. The van der Waals surface area contributed by atoms with Gasteiger partial charge in [-0.15, -0.1) is 0 Å². The van der Waals surface area contributed by atoms with E-state index in [0.29, 0.717) is 17.7 Å². The maximum Gasteiger partial charge on any atom is 0.307 e. The normalized spacial score (nSPS) is 16.3. The standard InChI is InChI=1S/C13H16FNO2/c14-12-7-10(8-13(16)17)3-4-11(12)9-15-5-1-2-6-15/h3-4,7H,1-2,5-6,8-9H2,(H,16,17). The Morgan fingerprint density at radius 1 is 1.35 bits per heavy atom. The van der Waals surface area contributed by atoms with Crippen LogP contribution in [0.2, 0.25) is 0 Å². The molecule has 0 atom stereocenters. The van der Waals surface area contributed by atoms with Crippen molar-refractivity contribution < 1.29 is 14.3 Å². The Kier molecular flexibility index (Phi) is 3.74. The highest BCUT2D eigenvalue weighted by atomic mass is 19.1. The third kappa shape index (κ3) is 3.27. The summed E-state index contributed by atoms with van der Waals surface area (Å²) >= 11 is 0. The molecule has 1 N–H and O–H groups in total. The lowest BCUT2D eigenvalue weighted by molar-refractivity contribution is -0.136. The molecule has 1 heterocycles. The Morgan fingerprint density at radius 2 is 2.06 bits per heavy atom. The first-order valence-electron chi connectivity index (χ1n) is 5.86. The molecule has 1 aliphatic heterocycles. The van der Waals surface area contributed by atoms with Gasteiger partial charge in [-0.3, -0.25) is 9.69 Å². The highest BCUT2D eigenvalue weighted by Gasteiger charge is 2.14. The third-order valence-electron chi connectivity index (χ3n) is 3.07. The number of nitrogens with zero attached hydrogens (tertiary/aromatic N) is 1. The van der Waals surface area contributed by atoms with E-state index in [1.165, 1.54) is 18.9 Å². The van der Waals surface area contributed by atoms with Gasteiger partial charge < -0.3 is 5.11 Å². The van der Waals surface area contributed by atoms with Crippen molar-refractivity contribution in [2.75, 3.05) is 13.1 Å². The summed E-state index contributed by atoms with van der Waals surface area (Å²) in [4.78, 5) is 12.7. The van der Waals surface area contributed by atoms with Gasteiger partial charge in [0.05, 0.1) is 6.42 Å². The SMILES string of the molecule is O=C(O)Cc1ccc(CN2CCCC2)c(F)c1. The lowest BCUT2D eigenvalue weighted by Crippen LogP contribution is -2.19. The van der Waals surface area contributed by atoms with E-state index >= 15 is 0 Å². The quantitative estimate of drug-likeness (QED) is 0.871. The number of halogens is 1. The van der Waals surface area contributed by atoms with E-state index in [4.69, 9.17) is 5.11 Å². The minimum absolute atomic E-state index is 0.124. The first-order chi connectivity index (χ1) is 8.15. The summed E-state index contributed by atoms with van der Waals surface area (Å²) < 4.78 is 13.7. The summed E-state index contributed by atoms with van der Waals surface area (Å²) in [5.74, 6) is -1.23. The Hall–Kier alpha value is -1.42. The molecule has 0 radical (unpaired) electrons. The van der Waals surface area contributed by atoms with Crippen LogP contribution in [0.3, 0.4) is 0 Å². The second-order valence-electron chi connectivity index (χ2n) is 4.48. The lowest BCUT2D eigenvalue weighted by Gasteiger charge is -2.15. The molecule has 0 unspecified atom stereocenters. The van der Waals surface area contributed by atoms with Crippen LogP contribution in [0.5, 0.6) is 0 Å². The predicted octanol–water partition coefficient (Wildman–Crippen LogP) is 2.05. The number of carboxylic acid groups (broad SMARTS) is 1. The van der Waals surface area contributed by atoms with Gasteiger partial charge in [-0.05, 0) is 37.6 Å². The van der Waals surface area contributed by atoms with Crippen LogP contribution in [-0.2, 0) is 17.8 Å². The van der Waals surface area contributed by atoms with Crippen LogP contribution in [0.15, 0.2) is 18.2 Å². The summed E-state index contributed by atoms with van der Waals surface area (Å²) in [5, 5.41) is 8.63. The molecule has 1 aromatic rings. The molecule has 0 saturated carbocycles. The number of hydrogen-bond acceptors (Lipinski definition) is 2. The number of hydrogen-bond donors (Lipinski definition) is 1. The number of likely N-dealkylation sites (tertiary alicyclic amines) is 1. The molecule has 0 aliphatic carbocycles. The molecular formula is C13H16FNO2. The Balaban J connectivity index is 2.05. The van der Waals surface area contributed by atoms with Crippen LogP contribution in [-0.4, -0.2) is 29.1 Å². The van der Waals surface area contributed by atoms with Crippen molar-refractivity contribution >= 4 is 5.97 Å². The van der Waals surface area contributed by atoms with Crippen LogP contribution < -0.4 is 0 Å². The molecule has 3 nitrogen and oxygen atoms in total. The predicted molar refractivity (Wildman–Crippen MR) is 62.3 cm³/mol. The van der Waals surface area contributed by atoms with Crippen molar-refractivity contribution in [3.63, 3.8) is 0 Å². The van der Waals surface area contributed by atoms with Crippen LogP contribution >= 0.6 is 0 Å². The summed E-state index contributed by atoms with van der Waals surface area (Å²) in [7, 11) is 0. The molecule has 1 aliphatic rings. The van der Waals surface area contributed by atoms with Crippen molar-refractivity contribution in [1.29, 1.82) is 0 Å². The third-order valence-corrected chi connectivity index (χ3v) is 3.07. The van der Waals surface area contributed by atoms with E-state index in [1.54, 1.807) is 12.1 Å². The van der Waals surface area contributed by atoms with Gasteiger partial charge in [0.1, 0.15) is 5.82 Å². The van der Waals surface area contributed by atoms with E-state index in [0.717, 1.165) is 13.1 Å². The van der Waals surface area contributed by atoms with Crippen molar-refractivity contribution in [2.45, 2.75) is 25.8 Å². The number of benzene rings is 1. The van der Waals surface area contributed by atoms with Crippen molar-refractivity contribution in [3.8, 4) is 0 Å². The average Bonchev–Trinajstić information content (AvgIpc) is 2.74. The first-order valence-corrected chi connectivity index (χ1v) is 5.86. The second-order valence-corrected chi connectivity index (χ2v) is 4.48. The maximum atomic E-state index is 13.7. The zero-order chi connectivity index (χ0) is 12.3. The van der Waals surface area contributed by atoms with Gasteiger partial charge in [0, 0.05) is 12.1 Å². The van der Waals surface area contributed by atoms with Gasteiger partial charge in [0.2, 0.25) is 0 Å². The average molecular weight is 237 g/mol. The van der Waals surface area contributed by atoms with Gasteiger partial charge in [0.25, 0.3) is 0 Å². The fraction of sp³-hybridized carbons (Fsp3) is 0.462. The number of carbonyl (C=O) groups is 1. The molecule has 2 rings (SSSR count). The fourth-order valence-corrected chi connectivity index (χ4v) is 2.19. The van der Waals surface area contributed by atoms with Crippen molar-refractivity contribution in [2.24, 2.45) is 0 Å². The molecule has 0 aromatic heterocycles. The molecule has 0 spiro atoms. The summed E-state index contributed by atoms with van der Waals surface area (Å²) in [6.45, 7) is 2.67. The molecule has 17 heavy (non-hydrogen) atoms. The van der Waals surface area contributed by atoms with E-state index < -0.39 is 5.97 Å². The highest BCUT2D eigenvalue weighted by Crippen LogP contribution is 2.16. The topological polar surface area (TPSA) is 40.5 Å². The monoisotopic (exact) mass is 237 g/mol. The largest absolute Gasteiger partial charge is 0.481 e. The highest BCUT2D eigenvalue weighted by molar-refractivity contribution is 5.70. The van der Waals surface area contributed by atoms with Crippen molar-refractivity contribution in [3.05, 3.63) is 35.1 Å². The van der Waals surface area contributed by atoms with Crippen LogP contribution in [0.25, 0.3) is 0 Å². The van der Waals surface area contributed by atoms with Crippen LogP contribution in [0.4, 0.5) is 4.39 Å². The minimum atomic E-state index is -0.934. The number of carboxylic acids is 1.